The Bertz CT molecular complexity index is 70.7. The van der Waals surface area contributed by atoms with Crippen LogP contribution >= 0.6 is 24.8 Å². The molecule has 0 atom stereocenters. The molecule has 0 rings (SSSR count). The molecule has 0 saturated carbocycles. The second-order valence-electron chi connectivity index (χ2n) is 4.50. The van der Waals surface area contributed by atoms with Gasteiger partial charge >= 0.3 is 58.9 Å². The van der Waals surface area contributed by atoms with Gasteiger partial charge in [0.25, 0.3) is 0 Å². The minimum Gasteiger partial charge on any atom is -0.147 e. The van der Waals surface area contributed by atoms with Crippen molar-refractivity contribution >= 4 is 32.9 Å². The van der Waals surface area contributed by atoms with Gasteiger partial charge < -0.3 is 0 Å². The van der Waals surface area contributed by atoms with Gasteiger partial charge in [0.15, 0.2) is 0 Å². The minimum absolute atomic E-state index is 0. The van der Waals surface area contributed by atoms with Gasteiger partial charge in [-0.3, -0.25) is 0 Å². The summed E-state index contributed by atoms with van der Waals surface area (Å²) in [7, 11) is 1.47. The van der Waals surface area contributed by atoms with Crippen LogP contribution in [0.1, 0.15) is 20.8 Å². The molecule has 0 amide bonds. The predicted molar refractivity (Wildman–Crippen MR) is 55.9 cm³/mol. The van der Waals surface area contributed by atoms with E-state index in [-0.39, 0.29) is 24.8 Å². The molecule has 4 heteroatoms. The summed E-state index contributed by atoms with van der Waals surface area (Å²) in [5, 5.41) is 5.04. The maximum Gasteiger partial charge on any atom is -0.147 e. The summed E-state index contributed by atoms with van der Waals surface area (Å²) in [6.07, 6.45) is 0. The molecule has 0 aliphatic rings. The molecule has 0 aromatic carbocycles. The van der Waals surface area contributed by atoms with Crippen LogP contribution in [-0.4, -0.2) is 8.11 Å². The third kappa shape index (κ3) is 6.24. The SMILES string of the molecule is C[C](C)(C)[Ti]([CH3])([CH3])[SiH3].Cl.Cl. The van der Waals surface area contributed by atoms with E-state index in [9.17, 15) is 0 Å². The van der Waals surface area contributed by atoms with Crippen LogP contribution in [-0.2, 0) is 15.8 Å². The van der Waals surface area contributed by atoms with E-state index >= 15 is 0 Å². The molecule has 0 fully saturated rings. The van der Waals surface area contributed by atoms with Crippen LogP contribution < -0.4 is 0 Å². The molecule has 0 unspecified atom stereocenters. The van der Waals surface area contributed by atoms with Gasteiger partial charge in [-0.25, -0.2) is 0 Å². The smallest absolute Gasteiger partial charge is 0.147 e. The largest absolute Gasteiger partial charge is 0.147 e. The molecule has 0 heterocycles. The Morgan fingerprint density at radius 3 is 1.10 bits per heavy atom. The monoisotopic (exact) mass is 238 g/mol. The zero-order chi connectivity index (χ0) is 7.00. The Morgan fingerprint density at radius 2 is 1.10 bits per heavy atom. The van der Waals surface area contributed by atoms with Crippen LogP contribution in [0.5, 0.6) is 0 Å². The third-order valence-corrected chi connectivity index (χ3v) is 15.5. The average molecular weight is 239 g/mol. The first-order valence-corrected chi connectivity index (χ1v) is 12.8. The molecule has 0 bridgehead atoms. The number of rotatable bonds is 0. The zero-order valence-corrected chi connectivity index (χ0v) is 13.0. The Kier molecular flexibility index (Phi) is 9.14. The van der Waals surface area contributed by atoms with E-state index < -0.39 is 15.8 Å². The van der Waals surface area contributed by atoms with Crippen LogP contribution in [0.3, 0.4) is 0 Å². The van der Waals surface area contributed by atoms with E-state index in [1.54, 1.807) is 0 Å². The minimum atomic E-state index is -1.17. The molecule has 66 valence electrons. The molecule has 10 heavy (non-hydrogen) atoms. The van der Waals surface area contributed by atoms with Gasteiger partial charge in [0, 0.05) is 0 Å². The zero-order valence-electron chi connectivity index (χ0n) is 7.82. The van der Waals surface area contributed by atoms with Crippen LogP contribution in [0.4, 0.5) is 0 Å². The van der Waals surface area contributed by atoms with Crippen molar-refractivity contribution in [2.45, 2.75) is 34.9 Å². The van der Waals surface area contributed by atoms with E-state index in [4.69, 9.17) is 0 Å². The molecule has 0 nitrogen and oxygen atoms in total. The van der Waals surface area contributed by atoms with Gasteiger partial charge in [-0.05, 0) is 0 Å². The molecule has 0 aliphatic carbocycles. The first-order chi connectivity index (χ1) is 3.25. The van der Waals surface area contributed by atoms with Crippen molar-refractivity contribution in [2.75, 3.05) is 0 Å². The van der Waals surface area contributed by atoms with E-state index in [2.05, 4.69) is 31.2 Å². The maximum atomic E-state index is 2.52. The average Bonchev–Trinajstić information content (AvgIpc) is 1.25. The molecule has 0 saturated heterocycles. The van der Waals surface area contributed by atoms with Gasteiger partial charge in [0.1, 0.15) is 0 Å². The Hall–Kier alpha value is 1.51. The van der Waals surface area contributed by atoms with E-state index in [1.807, 2.05) is 0 Å². The summed E-state index contributed by atoms with van der Waals surface area (Å²) in [6.45, 7) is 7.17. The molecule has 0 aliphatic heterocycles. The Balaban J connectivity index is -0.000000245. The second kappa shape index (κ2) is 5.21. The van der Waals surface area contributed by atoms with E-state index in [1.165, 1.54) is 8.11 Å². The van der Waals surface area contributed by atoms with Crippen molar-refractivity contribution in [1.29, 1.82) is 0 Å². The summed E-state index contributed by atoms with van der Waals surface area (Å²) in [6, 6.07) is 0. The van der Waals surface area contributed by atoms with E-state index in [0.717, 1.165) is 0 Å². The first kappa shape index (κ1) is 17.6. The second-order valence-corrected chi connectivity index (χ2v) is 24.2. The molecule has 0 N–H and O–H groups in total. The fourth-order valence-electron chi connectivity index (χ4n) is 0. The number of halogens is 2. The molecule has 0 aromatic heterocycles. The quantitative estimate of drug-likeness (QED) is 0.570. The van der Waals surface area contributed by atoms with Crippen molar-refractivity contribution in [3.63, 3.8) is 0 Å². The van der Waals surface area contributed by atoms with Gasteiger partial charge in [-0.15, -0.1) is 24.8 Å². The standard InChI is InChI=1S/C4H9.2CH3.2ClH.H3Si.Ti/c1-4(2)3;;;;;;/h1-3H3;2*1H3;2*1H;1H3;. The normalized spacial score (nSPS) is 11.7. The first-order valence-electron chi connectivity index (χ1n) is 3.25. The molecular weight excluding hydrogens is 219 g/mol. The number of hydrogen-bond acceptors (Lipinski definition) is 0. The van der Waals surface area contributed by atoms with Gasteiger partial charge in [0.05, 0.1) is 0 Å². The van der Waals surface area contributed by atoms with Crippen molar-refractivity contribution < 1.29 is 15.8 Å². The van der Waals surface area contributed by atoms with Crippen molar-refractivity contribution in [2.24, 2.45) is 0 Å². The molecule has 0 spiro atoms. The number of hydrogen-bond donors (Lipinski definition) is 0. The summed E-state index contributed by atoms with van der Waals surface area (Å²) in [5.41, 5.74) is 0. The predicted octanol–water partition coefficient (Wildman–Crippen LogP) is 2.58. The fraction of sp³-hybridized carbons (Fsp3) is 1.00. The van der Waals surface area contributed by atoms with Gasteiger partial charge in [-0.2, -0.15) is 0 Å². The van der Waals surface area contributed by atoms with E-state index in [0.29, 0.717) is 3.72 Å². The van der Waals surface area contributed by atoms with Crippen molar-refractivity contribution in [1.82, 2.24) is 0 Å². The van der Waals surface area contributed by atoms with Crippen LogP contribution in [0.15, 0.2) is 0 Å². The maximum absolute atomic E-state index is 2.52. The van der Waals surface area contributed by atoms with Crippen LogP contribution in [0.2, 0.25) is 14.2 Å². The summed E-state index contributed by atoms with van der Waals surface area (Å²) in [4.78, 5) is 0. The van der Waals surface area contributed by atoms with Crippen molar-refractivity contribution in [3.8, 4) is 0 Å². The fourth-order valence-corrected chi connectivity index (χ4v) is 0. The summed E-state index contributed by atoms with van der Waals surface area (Å²) >= 11 is -1.17. The molecule has 0 radical (unpaired) electrons. The topological polar surface area (TPSA) is 0 Å². The van der Waals surface area contributed by atoms with Gasteiger partial charge in [0.2, 0.25) is 0 Å². The van der Waals surface area contributed by atoms with Crippen molar-refractivity contribution in [3.05, 3.63) is 0 Å². The summed E-state index contributed by atoms with van der Waals surface area (Å²) < 4.78 is 0.687. The third-order valence-electron chi connectivity index (χ3n) is 2.25. The van der Waals surface area contributed by atoms with Crippen LogP contribution in [0, 0.1) is 0 Å². The Labute approximate surface area is 83.3 Å². The summed E-state index contributed by atoms with van der Waals surface area (Å²) in [5.74, 6) is 0. The van der Waals surface area contributed by atoms with Gasteiger partial charge in [-0.1, -0.05) is 0 Å². The van der Waals surface area contributed by atoms with Crippen LogP contribution in [0.25, 0.3) is 0 Å². The molecular formula is C6H20Cl2SiTi. The Morgan fingerprint density at radius 1 is 1.00 bits per heavy atom. The molecule has 0 aromatic rings.